The Morgan fingerprint density at radius 1 is 0.394 bits per heavy atom. The zero-order valence-electron chi connectivity index (χ0n) is 44.0. The molecular weight excluding hydrogens is 846 g/mol. The van der Waals surface area contributed by atoms with Gasteiger partial charge in [0.1, 0.15) is 6.61 Å². The Balaban J connectivity index is 3.91. The van der Waals surface area contributed by atoms with Crippen molar-refractivity contribution in [3.8, 4) is 0 Å². The average molecular weight is 958 g/mol. The van der Waals surface area contributed by atoms with Crippen LogP contribution in [-0.2, 0) is 32.7 Å². The van der Waals surface area contributed by atoms with Crippen molar-refractivity contribution in [3.63, 3.8) is 0 Å². The molecule has 0 aliphatic carbocycles. The minimum absolute atomic E-state index is 0.0586. The molecular formula is C56H112NO8P. The number of phosphoric acid groups is 1. The molecule has 0 aromatic heterocycles. The summed E-state index contributed by atoms with van der Waals surface area (Å²) < 4.78 is 33.0. The Morgan fingerprint density at radius 2 is 0.652 bits per heavy atom. The van der Waals surface area contributed by atoms with E-state index >= 15 is 0 Å². The van der Waals surface area contributed by atoms with E-state index in [4.69, 9.17) is 24.3 Å². The van der Waals surface area contributed by atoms with Crippen LogP contribution < -0.4 is 5.73 Å². The molecule has 0 saturated carbocycles. The molecule has 0 aromatic carbocycles. The molecule has 0 rings (SSSR count). The first-order valence-electron chi connectivity index (χ1n) is 29.0. The molecule has 9 nitrogen and oxygen atoms in total. The lowest BCUT2D eigenvalue weighted by Crippen LogP contribution is -2.29. The molecule has 0 fully saturated rings. The van der Waals surface area contributed by atoms with E-state index < -0.39 is 26.5 Å². The molecule has 0 aromatic rings. The van der Waals surface area contributed by atoms with Gasteiger partial charge in [-0.05, 0) is 12.8 Å². The van der Waals surface area contributed by atoms with Crippen LogP contribution in [0.3, 0.4) is 0 Å². The molecule has 10 heteroatoms. The molecule has 0 radical (unpaired) electrons. The fraction of sp³-hybridized carbons (Fsp3) is 0.964. The van der Waals surface area contributed by atoms with Gasteiger partial charge in [0.25, 0.3) is 0 Å². The summed E-state index contributed by atoms with van der Waals surface area (Å²) in [5.41, 5.74) is 5.38. The molecule has 0 amide bonds. The van der Waals surface area contributed by atoms with E-state index in [2.05, 4.69) is 13.8 Å². The summed E-state index contributed by atoms with van der Waals surface area (Å²) in [6, 6.07) is 0. The lowest BCUT2D eigenvalue weighted by atomic mass is 10.0. The van der Waals surface area contributed by atoms with Crippen LogP contribution in [0.4, 0.5) is 0 Å². The van der Waals surface area contributed by atoms with Gasteiger partial charge >= 0.3 is 19.8 Å². The second-order valence-electron chi connectivity index (χ2n) is 19.9. The number of esters is 2. The summed E-state index contributed by atoms with van der Waals surface area (Å²) >= 11 is 0. The zero-order valence-corrected chi connectivity index (χ0v) is 44.9. The van der Waals surface area contributed by atoms with E-state index in [1.807, 2.05) is 0 Å². The van der Waals surface area contributed by atoms with Crippen LogP contribution in [0.15, 0.2) is 0 Å². The summed E-state index contributed by atoms with van der Waals surface area (Å²) in [7, 11) is -4.38. The number of nitrogens with two attached hydrogens (primary N) is 1. The molecule has 0 bridgehead atoms. The van der Waals surface area contributed by atoms with Gasteiger partial charge in [-0.1, -0.05) is 290 Å². The Bertz CT molecular complexity index is 1050. The van der Waals surface area contributed by atoms with Gasteiger partial charge < -0.3 is 20.1 Å². The number of carbonyl (C=O) groups excluding carboxylic acids is 2. The molecule has 0 spiro atoms. The van der Waals surface area contributed by atoms with Gasteiger partial charge in [0.05, 0.1) is 13.2 Å². The molecule has 0 saturated heterocycles. The molecule has 0 aliphatic heterocycles. The average Bonchev–Trinajstić information content (AvgIpc) is 3.31. The van der Waals surface area contributed by atoms with Gasteiger partial charge in [-0.3, -0.25) is 18.6 Å². The number of unbranched alkanes of at least 4 members (excludes halogenated alkanes) is 43. The van der Waals surface area contributed by atoms with E-state index in [0.717, 1.165) is 32.1 Å². The van der Waals surface area contributed by atoms with Crippen molar-refractivity contribution in [2.45, 2.75) is 322 Å². The predicted molar refractivity (Wildman–Crippen MR) is 280 cm³/mol. The summed E-state index contributed by atoms with van der Waals surface area (Å²) in [6.45, 7) is 3.83. The second-order valence-corrected chi connectivity index (χ2v) is 21.3. The number of phosphoric ester groups is 1. The van der Waals surface area contributed by atoms with Crippen LogP contribution >= 0.6 is 7.82 Å². The van der Waals surface area contributed by atoms with E-state index in [-0.39, 0.29) is 38.6 Å². The minimum atomic E-state index is -4.38. The minimum Gasteiger partial charge on any atom is -0.462 e. The third-order valence-electron chi connectivity index (χ3n) is 13.2. The van der Waals surface area contributed by atoms with Crippen LogP contribution in [0, 0.1) is 0 Å². The van der Waals surface area contributed by atoms with Gasteiger partial charge in [0, 0.05) is 19.4 Å². The quantitative estimate of drug-likeness (QED) is 0.0347. The Morgan fingerprint density at radius 3 is 0.924 bits per heavy atom. The van der Waals surface area contributed by atoms with E-state index in [9.17, 15) is 19.0 Å². The third kappa shape index (κ3) is 52.4. The first kappa shape index (κ1) is 65.0. The molecule has 0 heterocycles. The Hall–Kier alpha value is -0.990. The fourth-order valence-corrected chi connectivity index (χ4v) is 9.70. The van der Waals surface area contributed by atoms with Crippen molar-refractivity contribution in [3.05, 3.63) is 0 Å². The number of rotatable bonds is 56. The van der Waals surface area contributed by atoms with Crippen molar-refractivity contribution in [1.29, 1.82) is 0 Å². The lowest BCUT2D eigenvalue weighted by Gasteiger charge is -2.19. The van der Waals surface area contributed by atoms with Crippen molar-refractivity contribution in [2.75, 3.05) is 26.4 Å². The van der Waals surface area contributed by atoms with Crippen LogP contribution in [0.25, 0.3) is 0 Å². The SMILES string of the molecule is CCCCCCCCCCCCCCCCCCCCCCCCCCC(=O)OC(COC(=O)CCCCCCCCCCCCCCCCCCCCCCC)COP(=O)(O)OCCN. The molecule has 2 unspecified atom stereocenters. The number of hydrogen-bond acceptors (Lipinski definition) is 8. The monoisotopic (exact) mass is 958 g/mol. The number of hydrogen-bond donors (Lipinski definition) is 2. The van der Waals surface area contributed by atoms with E-state index in [1.165, 1.54) is 250 Å². The first-order chi connectivity index (χ1) is 32.3. The van der Waals surface area contributed by atoms with Crippen LogP contribution in [0.1, 0.15) is 316 Å². The Labute approximate surface area is 409 Å². The predicted octanol–water partition coefficient (Wildman–Crippen LogP) is 17.9. The number of carbonyl (C=O) groups is 2. The largest absolute Gasteiger partial charge is 0.472 e. The topological polar surface area (TPSA) is 134 Å². The van der Waals surface area contributed by atoms with Crippen molar-refractivity contribution < 1.29 is 37.6 Å². The smallest absolute Gasteiger partial charge is 0.462 e. The third-order valence-corrected chi connectivity index (χ3v) is 14.2. The van der Waals surface area contributed by atoms with Gasteiger partial charge in [-0.2, -0.15) is 0 Å². The molecule has 0 aliphatic rings. The van der Waals surface area contributed by atoms with Crippen molar-refractivity contribution in [1.82, 2.24) is 0 Å². The first-order valence-corrected chi connectivity index (χ1v) is 30.5. The lowest BCUT2D eigenvalue weighted by molar-refractivity contribution is -0.161. The highest BCUT2D eigenvalue weighted by molar-refractivity contribution is 7.47. The standard InChI is InChI=1S/C56H112NO8P/c1-3-5-7-9-11-13-15-17-19-21-23-25-26-27-29-31-33-35-37-39-41-43-45-47-49-56(59)65-54(53-64-66(60,61)63-51-50-57)52-62-55(58)48-46-44-42-40-38-36-34-32-30-28-24-22-20-18-16-14-12-10-8-6-4-2/h54H,3-53,57H2,1-2H3,(H,60,61). The summed E-state index contributed by atoms with van der Waals surface area (Å²) in [6.07, 6.45) is 58.7. The van der Waals surface area contributed by atoms with Gasteiger partial charge in [-0.15, -0.1) is 0 Å². The summed E-state index contributed by atoms with van der Waals surface area (Å²) in [5.74, 6) is -0.802. The van der Waals surface area contributed by atoms with E-state index in [0.29, 0.717) is 6.42 Å². The van der Waals surface area contributed by atoms with E-state index in [1.54, 1.807) is 0 Å². The second kappa shape index (κ2) is 53.4. The zero-order chi connectivity index (χ0) is 48.1. The molecule has 2 atom stereocenters. The number of ether oxygens (including phenoxy) is 2. The van der Waals surface area contributed by atoms with Gasteiger partial charge in [-0.25, -0.2) is 4.57 Å². The van der Waals surface area contributed by atoms with Crippen LogP contribution in [0.5, 0.6) is 0 Å². The summed E-state index contributed by atoms with van der Waals surface area (Å²) in [4.78, 5) is 35.2. The molecule has 3 N–H and O–H groups in total. The summed E-state index contributed by atoms with van der Waals surface area (Å²) in [5, 5.41) is 0. The normalized spacial score (nSPS) is 13.0. The maximum absolute atomic E-state index is 12.7. The highest BCUT2D eigenvalue weighted by Gasteiger charge is 2.26. The van der Waals surface area contributed by atoms with Gasteiger partial charge in [0.2, 0.25) is 0 Å². The van der Waals surface area contributed by atoms with Crippen molar-refractivity contribution >= 4 is 19.8 Å². The van der Waals surface area contributed by atoms with Crippen LogP contribution in [0.2, 0.25) is 0 Å². The molecule has 394 valence electrons. The van der Waals surface area contributed by atoms with Crippen LogP contribution in [-0.4, -0.2) is 49.3 Å². The Kier molecular flexibility index (Phi) is 52.6. The van der Waals surface area contributed by atoms with Crippen molar-refractivity contribution in [2.24, 2.45) is 5.73 Å². The maximum Gasteiger partial charge on any atom is 0.472 e. The maximum atomic E-state index is 12.7. The molecule has 66 heavy (non-hydrogen) atoms. The van der Waals surface area contributed by atoms with Gasteiger partial charge in [0.15, 0.2) is 6.10 Å². The highest BCUT2D eigenvalue weighted by atomic mass is 31.2. The fourth-order valence-electron chi connectivity index (χ4n) is 8.93. The highest BCUT2D eigenvalue weighted by Crippen LogP contribution is 2.43.